The standard InChI is InChI=1S/C22H32N4O3S2/c1-16-5-2-3-11-26(16)12-4-10-23-21(27)13-17-6-8-18(9-7-17)24-22-25-19-14-31(28,29)15-20(19)30-22/h6-9,16,19-20H,2-5,10-15H2,1H3,(H,23,27)(H,24,25)/t16-,19-,20-/m1/s1. The molecule has 3 aliphatic heterocycles. The molecule has 2 fully saturated rings. The van der Waals surface area contributed by atoms with Crippen LogP contribution in [0.1, 0.15) is 38.2 Å². The van der Waals surface area contributed by atoms with Crippen molar-refractivity contribution in [3.63, 3.8) is 0 Å². The summed E-state index contributed by atoms with van der Waals surface area (Å²) in [6.45, 7) is 5.25. The number of fused-ring (bicyclic) bond motifs is 1. The van der Waals surface area contributed by atoms with E-state index >= 15 is 0 Å². The van der Waals surface area contributed by atoms with Crippen molar-refractivity contribution in [1.29, 1.82) is 0 Å². The molecule has 3 heterocycles. The molecule has 4 rings (SSSR count). The lowest BCUT2D eigenvalue weighted by atomic mass is 10.0. The third-order valence-corrected chi connectivity index (χ3v) is 9.41. The highest BCUT2D eigenvalue weighted by Gasteiger charge is 2.42. The van der Waals surface area contributed by atoms with Gasteiger partial charge >= 0.3 is 0 Å². The van der Waals surface area contributed by atoms with Gasteiger partial charge < -0.3 is 15.5 Å². The molecule has 0 saturated carbocycles. The highest BCUT2D eigenvalue weighted by molar-refractivity contribution is 8.15. The maximum Gasteiger partial charge on any atom is 0.224 e. The minimum Gasteiger partial charge on any atom is -0.356 e. The number of carbonyl (C=O) groups excluding carboxylic acids is 1. The molecular weight excluding hydrogens is 432 g/mol. The molecular formula is C22H32N4O3S2. The molecule has 7 nitrogen and oxygen atoms in total. The molecule has 2 saturated heterocycles. The normalized spacial score (nSPS) is 27.5. The van der Waals surface area contributed by atoms with Crippen LogP contribution in [0, 0.1) is 0 Å². The molecule has 9 heteroatoms. The molecule has 170 valence electrons. The van der Waals surface area contributed by atoms with Crippen LogP contribution < -0.4 is 10.6 Å². The van der Waals surface area contributed by atoms with E-state index in [0.717, 1.165) is 35.9 Å². The fraction of sp³-hybridized carbons (Fsp3) is 0.636. The minimum atomic E-state index is -2.93. The monoisotopic (exact) mass is 464 g/mol. The molecule has 0 unspecified atom stereocenters. The molecule has 0 aromatic heterocycles. The lowest BCUT2D eigenvalue weighted by molar-refractivity contribution is -0.120. The predicted molar refractivity (Wildman–Crippen MR) is 128 cm³/mol. The number of carbonyl (C=O) groups is 1. The zero-order valence-corrected chi connectivity index (χ0v) is 19.7. The Morgan fingerprint density at radius 2 is 2.03 bits per heavy atom. The van der Waals surface area contributed by atoms with Gasteiger partial charge in [0.05, 0.1) is 24.0 Å². The van der Waals surface area contributed by atoms with Gasteiger partial charge in [-0.1, -0.05) is 30.3 Å². The van der Waals surface area contributed by atoms with Gasteiger partial charge in [0.2, 0.25) is 5.91 Å². The van der Waals surface area contributed by atoms with E-state index in [9.17, 15) is 13.2 Å². The SMILES string of the molecule is C[C@@H]1CCCCN1CCCNC(=O)Cc1ccc(NC2=N[C@@H]3CS(=O)(=O)C[C@H]3S2)cc1. The van der Waals surface area contributed by atoms with Crippen molar-refractivity contribution in [2.45, 2.75) is 56.4 Å². The van der Waals surface area contributed by atoms with Crippen LogP contribution >= 0.6 is 11.8 Å². The molecule has 0 spiro atoms. The molecule has 3 atom stereocenters. The van der Waals surface area contributed by atoms with Crippen molar-refractivity contribution in [2.24, 2.45) is 4.99 Å². The van der Waals surface area contributed by atoms with Gasteiger partial charge in [0.25, 0.3) is 0 Å². The van der Waals surface area contributed by atoms with Gasteiger partial charge in [-0.25, -0.2) is 8.42 Å². The summed E-state index contributed by atoms with van der Waals surface area (Å²) in [6.07, 6.45) is 5.27. The number of nitrogens with one attached hydrogen (secondary N) is 2. The smallest absolute Gasteiger partial charge is 0.224 e. The van der Waals surface area contributed by atoms with Crippen molar-refractivity contribution >= 4 is 38.4 Å². The van der Waals surface area contributed by atoms with Gasteiger partial charge in [-0.2, -0.15) is 0 Å². The first-order valence-electron chi connectivity index (χ1n) is 11.2. The van der Waals surface area contributed by atoms with E-state index < -0.39 is 9.84 Å². The second-order valence-electron chi connectivity index (χ2n) is 8.82. The summed E-state index contributed by atoms with van der Waals surface area (Å²) in [7, 11) is -2.93. The summed E-state index contributed by atoms with van der Waals surface area (Å²) >= 11 is 1.51. The van der Waals surface area contributed by atoms with Crippen LogP contribution in [0.15, 0.2) is 29.3 Å². The zero-order chi connectivity index (χ0) is 21.8. The summed E-state index contributed by atoms with van der Waals surface area (Å²) in [5.74, 6) is 0.417. The highest BCUT2D eigenvalue weighted by Crippen LogP contribution is 2.34. The maximum absolute atomic E-state index is 12.2. The summed E-state index contributed by atoms with van der Waals surface area (Å²) in [4.78, 5) is 19.3. The maximum atomic E-state index is 12.2. The molecule has 1 aromatic carbocycles. The van der Waals surface area contributed by atoms with Crippen molar-refractivity contribution < 1.29 is 13.2 Å². The lowest BCUT2D eigenvalue weighted by Gasteiger charge is -2.33. The second kappa shape index (κ2) is 9.92. The number of benzene rings is 1. The molecule has 1 aromatic rings. The number of anilines is 1. The summed E-state index contributed by atoms with van der Waals surface area (Å²) in [5.41, 5.74) is 1.87. The molecule has 0 radical (unpaired) electrons. The van der Waals surface area contributed by atoms with Gasteiger partial charge in [0, 0.05) is 30.1 Å². The Bertz CT molecular complexity index is 917. The molecule has 2 N–H and O–H groups in total. The molecule has 0 bridgehead atoms. The second-order valence-corrected chi connectivity index (χ2v) is 12.2. The number of aliphatic imine (C=N–C) groups is 1. The lowest BCUT2D eigenvalue weighted by Crippen LogP contribution is -2.39. The Balaban J connectivity index is 1.17. The molecule has 1 amide bonds. The van der Waals surface area contributed by atoms with Crippen molar-refractivity contribution in [3.05, 3.63) is 29.8 Å². The number of sulfone groups is 1. The predicted octanol–water partition coefficient (Wildman–Crippen LogP) is 2.29. The Labute approximate surface area is 189 Å². The van der Waals surface area contributed by atoms with Crippen molar-refractivity contribution in [3.8, 4) is 0 Å². The summed E-state index contributed by atoms with van der Waals surface area (Å²) < 4.78 is 23.3. The fourth-order valence-electron chi connectivity index (χ4n) is 4.49. The number of thioether (sulfide) groups is 1. The quantitative estimate of drug-likeness (QED) is 0.602. The van der Waals surface area contributed by atoms with E-state index in [1.807, 2.05) is 24.3 Å². The van der Waals surface area contributed by atoms with Crippen LogP contribution in [0.2, 0.25) is 0 Å². The highest BCUT2D eigenvalue weighted by atomic mass is 32.2. The Morgan fingerprint density at radius 3 is 2.77 bits per heavy atom. The number of nitrogens with zero attached hydrogens (tertiary/aromatic N) is 2. The topological polar surface area (TPSA) is 90.9 Å². The van der Waals surface area contributed by atoms with Crippen LogP contribution in [0.25, 0.3) is 0 Å². The van der Waals surface area contributed by atoms with E-state index in [1.165, 1.54) is 37.6 Å². The van der Waals surface area contributed by atoms with E-state index in [0.29, 0.717) is 12.5 Å². The van der Waals surface area contributed by atoms with Crippen LogP contribution in [0.3, 0.4) is 0 Å². The van der Waals surface area contributed by atoms with Gasteiger partial charge in [0.15, 0.2) is 15.0 Å². The zero-order valence-electron chi connectivity index (χ0n) is 18.0. The average Bonchev–Trinajstić information content (AvgIpc) is 3.20. The number of hydrogen-bond donors (Lipinski definition) is 2. The van der Waals surface area contributed by atoms with Crippen molar-refractivity contribution in [2.75, 3.05) is 36.5 Å². The molecule has 3 aliphatic rings. The summed E-state index contributed by atoms with van der Waals surface area (Å²) in [6, 6.07) is 8.31. The Morgan fingerprint density at radius 1 is 1.23 bits per heavy atom. The summed E-state index contributed by atoms with van der Waals surface area (Å²) in [5, 5.41) is 7.11. The Kier molecular flexibility index (Phi) is 7.23. The molecule has 31 heavy (non-hydrogen) atoms. The van der Waals surface area contributed by atoms with E-state index in [1.54, 1.807) is 0 Å². The largest absolute Gasteiger partial charge is 0.356 e. The van der Waals surface area contributed by atoms with Gasteiger partial charge in [-0.3, -0.25) is 9.79 Å². The van der Waals surface area contributed by atoms with Crippen LogP contribution in [-0.4, -0.2) is 72.9 Å². The number of hydrogen-bond acceptors (Lipinski definition) is 7. The number of amidine groups is 1. The van der Waals surface area contributed by atoms with Gasteiger partial charge in [0.1, 0.15) is 0 Å². The Hall–Kier alpha value is -1.58. The number of piperidine rings is 1. The first-order valence-corrected chi connectivity index (χ1v) is 13.9. The third kappa shape index (κ3) is 6.23. The van der Waals surface area contributed by atoms with E-state index in [4.69, 9.17) is 0 Å². The third-order valence-electron chi connectivity index (χ3n) is 6.27. The van der Waals surface area contributed by atoms with Gasteiger partial charge in [-0.05, 0) is 50.4 Å². The number of amides is 1. The number of rotatable bonds is 7. The van der Waals surface area contributed by atoms with E-state index in [2.05, 4.69) is 27.4 Å². The van der Waals surface area contributed by atoms with Crippen molar-refractivity contribution in [1.82, 2.24) is 10.2 Å². The minimum absolute atomic E-state index is 0.0357. The number of likely N-dealkylation sites (tertiary alicyclic amines) is 1. The average molecular weight is 465 g/mol. The van der Waals surface area contributed by atoms with Crippen LogP contribution in [0.4, 0.5) is 5.69 Å². The van der Waals surface area contributed by atoms with E-state index in [-0.39, 0.29) is 28.7 Å². The van der Waals surface area contributed by atoms with Crippen LogP contribution in [-0.2, 0) is 21.1 Å². The van der Waals surface area contributed by atoms with Gasteiger partial charge in [-0.15, -0.1) is 0 Å². The van der Waals surface area contributed by atoms with Crippen LogP contribution in [0.5, 0.6) is 0 Å². The fourth-order valence-corrected chi connectivity index (χ4v) is 8.17. The first-order chi connectivity index (χ1) is 14.9. The molecule has 0 aliphatic carbocycles. The first kappa shape index (κ1) is 22.6.